The number of hydrogen-bond donors (Lipinski definition) is 1. The maximum absolute atomic E-state index is 11.6. The quantitative estimate of drug-likeness (QED) is 0.692. The SMILES string of the molecule is Cc1cc(C2CCC(=O)NC2=O)ccn1. The summed E-state index contributed by atoms with van der Waals surface area (Å²) < 4.78 is 0. The number of piperidine rings is 1. The summed E-state index contributed by atoms with van der Waals surface area (Å²) in [5.74, 6) is -0.580. The molecular formula is C11H12N2O2. The first-order valence-electron chi connectivity index (χ1n) is 4.93. The first kappa shape index (κ1) is 9.83. The molecule has 1 atom stereocenters. The van der Waals surface area contributed by atoms with E-state index in [1.165, 1.54) is 0 Å². The second-order valence-corrected chi connectivity index (χ2v) is 3.73. The minimum Gasteiger partial charge on any atom is -0.296 e. The van der Waals surface area contributed by atoms with Gasteiger partial charge in [-0.2, -0.15) is 0 Å². The molecule has 78 valence electrons. The Balaban J connectivity index is 2.24. The summed E-state index contributed by atoms with van der Waals surface area (Å²) in [6.45, 7) is 1.88. The molecule has 2 amide bonds. The summed E-state index contributed by atoms with van der Waals surface area (Å²) in [7, 11) is 0. The number of pyridine rings is 1. The third-order valence-corrected chi connectivity index (χ3v) is 2.56. The van der Waals surface area contributed by atoms with Gasteiger partial charge in [0.15, 0.2) is 0 Å². The molecule has 0 spiro atoms. The van der Waals surface area contributed by atoms with Crippen molar-refractivity contribution in [3.05, 3.63) is 29.6 Å². The Morgan fingerprint density at radius 1 is 1.47 bits per heavy atom. The Hall–Kier alpha value is -1.71. The third kappa shape index (κ3) is 2.03. The first-order chi connectivity index (χ1) is 7.16. The highest BCUT2D eigenvalue weighted by Crippen LogP contribution is 2.24. The van der Waals surface area contributed by atoms with Crippen molar-refractivity contribution >= 4 is 11.8 Å². The van der Waals surface area contributed by atoms with Gasteiger partial charge in [0.2, 0.25) is 11.8 Å². The molecule has 2 heterocycles. The highest BCUT2D eigenvalue weighted by atomic mass is 16.2. The number of aryl methyl sites for hydroxylation is 1. The normalized spacial score (nSPS) is 21.3. The predicted octanol–water partition coefficient (Wildman–Crippen LogP) is 0.910. The zero-order chi connectivity index (χ0) is 10.8. The lowest BCUT2D eigenvalue weighted by atomic mass is 9.91. The molecule has 0 saturated carbocycles. The smallest absolute Gasteiger partial charge is 0.234 e. The standard InChI is InChI=1S/C11H12N2O2/c1-7-6-8(4-5-12-7)9-2-3-10(14)13-11(9)15/h4-6,9H,2-3H2,1H3,(H,13,14,15). The van der Waals surface area contributed by atoms with E-state index in [-0.39, 0.29) is 17.7 Å². The van der Waals surface area contributed by atoms with E-state index in [0.717, 1.165) is 11.3 Å². The van der Waals surface area contributed by atoms with E-state index < -0.39 is 0 Å². The molecule has 4 nitrogen and oxygen atoms in total. The van der Waals surface area contributed by atoms with Crippen LogP contribution in [0.15, 0.2) is 18.3 Å². The van der Waals surface area contributed by atoms with Crippen LogP contribution in [0.5, 0.6) is 0 Å². The zero-order valence-corrected chi connectivity index (χ0v) is 8.49. The van der Waals surface area contributed by atoms with Crippen molar-refractivity contribution in [1.29, 1.82) is 0 Å². The van der Waals surface area contributed by atoms with Crippen LogP contribution in [0.4, 0.5) is 0 Å². The van der Waals surface area contributed by atoms with Crippen molar-refractivity contribution in [2.75, 3.05) is 0 Å². The van der Waals surface area contributed by atoms with Crippen molar-refractivity contribution in [3.63, 3.8) is 0 Å². The summed E-state index contributed by atoms with van der Waals surface area (Å²) in [5.41, 5.74) is 1.82. The van der Waals surface area contributed by atoms with E-state index >= 15 is 0 Å². The molecule has 0 aliphatic carbocycles. The van der Waals surface area contributed by atoms with Crippen LogP contribution >= 0.6 is 0 Å². The molecule has 0 aromatic carbocycles. The number of rotatable bonds is 1. The largest absolute Gasteiger partial charge is 0.296 e. The Labute approximate surface area is 87.7 Å². The highest BCUT2D eigenvalue weighted by molar-refractivity contribution is 6.00. The van der Waals surface area contributed by atoms with E-state index in [4.69, 9.17) is 0 Å². The predicted molar refractivity (Wildman–Crippen MR) is 54.1 cm³/mol. The summed E-state index contributed by atoms with van der Waals surface area (Å²) in [4.78, 5) is 26.6. The molecular weight excluding hydrogens is 192 g/mol. The van der Waals surface area contributed by atoms with Gasteiger partial charge in [0, 0.05) is 18.3 Å². The van der Waals surface area contributed by atoms with E-state index in [1.807, 2.05) is 19.1 Å². The molecule has 1 aliphatic heterocycles. The average molecular weight is 204 g/mol. The van der Waals surface area contributed by atoms with Gasteiger partial charge < -0.3 is 0 Å². The Morgan fingerprint density at radius 2 is 2.27 bits per heavy atom. The van der Waals surface area contributed by atoms with Crippen LogP contribution < -0.4 is 5.32 Å². The van der Waals surface area contributed by atoms with Gasteiger partial charge in [-0.3, -0.25) is 19.9 Å². The van der Waals surface area contributed by atoms with Gasteiger partial charge >= 0.3 is 0 Å². The molecule has 2 rings (SSSR count). The van der Waals surface area contributed by atoms with Gasteiger partial charge in [-0.1, -0.05) is 0 Å². The maximum atomic E-state index is 11.6. The minimum atomic E-state index is -0.204. The number of amides is 2. The second-order valence-electron chi connectivity index (χ2n) is 3.73. The Bertz CT molecular complexity index is 415. The van der Waals surface area contributed by atoms with E-state index in [9.17, 15) is 9.59 Å². The molecule has 1 unspecified atom stereocenters. The van der Waals surface area contributed by atoms with Crippen molar-refractivity contribution in [1.82, 2.24) is 10.3 Å². The van der Waals surface area contributed by atoms with Gasteiger partial charge in [-0.05, 0) is 31.0 Å². The van der Waals surface area contributed by atoms with Crippen LogP contribution in [-0.2, 0) is 9.59 Å². The van der Waals surface area contributed by atoms with Crippen LogP contribution in [-0.4, -0.2) is 16.8 Å². The topological polar surface area (TPSA) is 59.1 Å². The number of aromatic nitrogens is 1. The number of carbonyl (C=O) groups is 2. The number of carbonyl (C=O) groups excluding carboxylic acids is 2. The summed E-state index contributed by atoms with van der Waals surface area (Å²) in [6, 6.07) is 3.72. The van der Waals surface area contributed by atoms with Crippen molar-refractivity contribution in [3.8, 4) is 0 Å². The fraction of sp³-hybridized carbons (Fsp3) is 0.364. The molecule has 4 heteroatoms. The number of imide groups is 1. The van der Waals surface area contributed by atoms with E-state index in [1.54, 1.807) is 6.20 Å². The Kier molecular flexibility index (Phi) is 2.49. The zero-order valence-electron chi connectivity index (χ0n) is 8.49. The molecule has 1 N–H and O–H groups in total. The first-order valence-corrected chi connectivity index (χ1v) is 4.93. The fourth-order valence-electron chi connectivity index (χ4n) is 1.80. The number of nitrogens with zero attached hydrogens (tertiary/aromatic N) is 1. The van der Waals surface area contributed by atoms with Gasteiger partial charge in [0.05, 0.1) is 5.92 Å². The van der Waals surface area contributed by atoms with Gasteiger partial charge in [0.25, 0.3) is 0 Å². The van der Waals surface area contributed by atoms with Crippen LogP contribution in [0.3, 0.4) is 0 Å². The monoisotopic (exact) mass is 204 g/mol. The van der Waals surface area contributed by atoms with Crippen molar-refractivity contribution in [2.24, 2.45) is 0 Å². The summed E-state index contributed by atoms with van der Waals surface area (Å²) in [5, 5.41) is 2.35. The molecule has 15 heavy (non-hydrogen) atoms. The highest BCUT2D eigenvalue weighted by Gasteiger charge is 2.27. The molecule has 0 bridgehead atoms. The summed E-state index contributed by atoms with van der Waals surface area (Å²) >= 11 is 0. The number of hydrogen-bond acceptors (Lipinski definition) is 3. The maximum Gasteiger partial charge on any atom is 0.234 e. The van der Waals surface area contributed by atoms with Crippen molar-refractivity contribution < 1.29 is 9.59 Å². The fourth-order valence-corrected chi connectivity index (χ4v) is 1.80. The van der Waals surface area contributed by atoms with Crippen LogP contribution in [0.2, 0.25) is 0 Å². The molecule has 1 aromatic rings. The summed E-state index contributed by atoms with van der Waals surface area (Å²) in [6.07, 6.45) is 2.69. The third-order valence-electron chi connectivity index (χ3n) is 2.56. The molecule has 1 saturated heterocycles. The van der Waals surface area contributed by atoms with E-state index in [2.05, 4.69) is 10.3 Å². The lowest BCUT2D eigenvalue weighted by molar-refractivity contribution is -0.134. The van der Waals surface area contributed by atoms with Crippen LogP contribution in [0, 0.1) is 6.92 Å². The lowest BCUT2D eigenvalue weighted by Gasteiger charge is -2.20. The van der Waals surface area contributed by atoms with Crippen LogP contribution in [0.25, 0.3) is 0 Å². The molecule has 1 fully saturated rings. The minimum absolute atomic E-state index is 0.179. The van der Waals surface area contributed by atoms with E-state index in [0.29, 0.717) is 12.8 Å². The molecule has 0 radical (unpaired) electrons. The second kappa shape index (κ2) is 3.81. The number of nitrogens with one attached hydrogen (secondary N) is 1. The molecule has 1 aliphatic rings. The van der Waals surface area contributed by atoms with Crippen LogP contribution in [0.1, 0.15) is 30.0 Å². The van der Waals surface area contributed by atoms with Gasteiger partial charge in [0.1, 0.15) is 0 Å². The van der Waals surface area contributed by atoms with Gasteiger partial charge in [-0.25, -0.2) is 0 Å². The Morgan fingerprint density at radius 3 is 2.93 bits per heavy atom. The average Bonchev–Trinajstić information content (AvgIpc) is 2.17. The molecule has 1 aromatic heterocycles. The van der Waals surface area contributed by atoms with Crippen molar-refractivity contribution in [2.45, 2.75) is 25.7 Å². The lowest BCUT2D eigenvalue weighted by Crippen LogP contribution is -2.39. The van der Waals surface area contributed by atoms with Gasteiger partial charge in [-0.15, -0.1) is 0 Å².